The highest BCUT2D eigenvalue weighted by atomic mass is 14.8. The second-order valence-corrected chi connectivity index (χ2v) is 15.7. The second kappa shape index (κ2) is 13.9. The summed E-state index contributed by atoms with van der Waals surface area (Å²) in [5, 5.41) is 11.9. The third kappa shape index (κ3) is 5.73. The maximum absolute atomic E-state index is 5.42. The van der Waals surface area contributed by atoms with Crippen LogP contribution in [0.3, 0.4) is 0 Å². The summed E-state index contributed by atoms with van der Waals surface area (Å²) in [7, 11) is 0. The molecule has 2 heteroatoms. The first-order chi connectivity index (χ1) is 29.7. The molecular weight excluding hydrogens is 725 g/mol. The Morgan fingerprint density at radius 2 is 0.617 bits per heavy atom. The van der Waals surface area contributed by atoms with E-state index in [0.29, 0.717) is 0 Å². The molecule has 0 radical (unpaired) electrons. The number of fused-ring (bicyclic) bond motifs is 7. The lowest BCUT2D eigenvalue weighted by Gasteiger charge is -2.20. The lowest BCUT2D eigenvalue weighted by molar-refractivity contribution is 1.37. The van der Waals surface area contributed by atoms with Gasteiger partial charge in [0.05, 0.1) is 22.4 Å². The highest BCUT2D eigenvalue weighted by molar-refractivity contribution is 6.23. The molecule has 0 aliphatic carbocycles. The smallest absolute Gasteiger partial charge is 0.0972 e. The Labute approximate surface area is 347 Å². The van der Waals surface area contributed by atoms with E-state index in [1.54, 1.807) is 0 Å². The minimum absolute atomic E-state index is 0.904. The van der Waals surface area contributed by atoms with Crippen molar-refractivity contribution in [3.63, 3.8) is 0 Å². The molecule has 0 spiro atoms. The largest absolute Gasteiger partial charge is 0.245 e. The molecule has 10 aromatic carbocycles. The van der Waals surface area contributed by atoms with Gasteiger partial charge in [-0.2, -0.15) is 0 Å². The van der Waals surface area contributed by atoms with Crippen molar-refractivity contribution in [1.82, 2.24) is 9.97 Å². The highest BCUT2D eigenvalue weighted by Crippen LogP contribution is 2.47. The fourth-order valence-corrected chi connectivity index (χ4v) is 9.21. The van der Waals surface area contributed by atoms with Crippen LogP contribution in [0.1, 0.15) is 0 Å². The van der Waals surface area contributed by atoms with Crippen LogP contribution in [0.15, 0.2) is 218 Å². The molecule has 0 fully saturated rings. The SMILES string of the molecule is c1ccc(-c2ccc3c(-c4ccc5ccccc5c4)c4cc(-c5ccc6ccc7ccc(-c8ccccc8)nc7c6n5)ccc4c(-c4ccc5ccccc5c4)c3c2)cc1. The van der Waals surface area contributed by atoms with Gasteiger partial charge in [-0.1, -0.05) is 182 Å². The molecule has 0 aliphatic heterocycles. The average molecular weight is 761 g/mol. The molecule has 0 aliphatic rings. The summed E-state index contributed by atoms with van der Waals surface area (Å²) in [6.45, 7) is 0. The van der Waals surface area contributed by atoms with E-state index < -0.39 is 0 Å². The van der Waals surface area contributed by atoms with Crippen LogP contribution >= 0.6 is 0 Å². The number of hydrogen-bond acceptors (Lipinski definition) is 2. The average Bonchev–Trinajstić information content (AvgIpc) is 3.32. The fourth-order valence-electron chi connectivity index (χ4n) is 9.21. The second-order valence-electron chi connectivity index (χ2n) is 15.7. The van der Waals surface area contributed by atoms with Gasteiger partial charge in [-0.05, 0) is 113 Å². The van der Waals surface area contributed by atoms with E-state index >= 15 is 0 Å². The lowest BCUT2D eigenvalue weighted by atomic mass is 9.83. The molecule has 0 saturated carbocycles. The normalized spacial score (nSPS) is 11.7. The van der Waals surface area contributed by atoms with Gasteiger partial charge in [-0.25, -0.2) is 9.97 Å². The summed E-state index contributed by atoms with van der Waals surface area (Å²) in [5.41, 5.74) is 13.1. The molecule has 2 nitrogen and oxygen atoms in total. The van der Waals surface area contributed by atoms with Gasteiger partial charge in [-0.3, -0.25) is 0 Å². The fraction of sp³-hybridized carbons (Fsp3) is 0. The Morgan fingerprint density at radius 3 is 1.17 bits per heavy atom. The van der Waals surface area contributed by atoms with Gasteiger partial charge >= 0.3 is 0 Å². The molecule has 0 amide bonds. The standard InChI is InChI=1S/C58H36N2/c1-3-11-37(12-4-1)45-25-29-49-51(35-45)55(47-23-19-38-13-7-9-17-43(38)33-47)50-30-26-46(36-52(50)56(49)48-24-20-39-14-8-10-18-44(39)34-48)54-32-28-42-22-21-41-27-31-53(40-15-5-2-6-16-40)59-57(41)58(42)60-54/h1-36H. The van der Waals surface area contributed by atoms with Gasteiger partial charge in [0.25, 0.3) is 0 Å². The van der Waals surface area contributed by atoms with Crippen LogP contribution in [0.25, 0.3) is 121 Å². The molecule has 0 saturated heterocycles. The van der Waals surface area contributed by atoms with E-state index in [0.717, 1.165) is 44.3 Å². The van der Waals surface area contributed by atoms with E-state index in [4.69, 9.17) is 9.97 Å². The van der Waals surface area contributed by atoms with Crippen molar-refractivity contribution in [3.8, 4) is 55.9 Å². The van der Waals surface area contributed by atoms with Crippen LogP contribution in [0.5, 0.6) is 0 Å². The third-order valence-electron chi connectivity index (χ3n) is 12.2. The van der Waals surface area contributed by atoms with E-state index in [1.165, 1.54) is 76.5 Å². The molecule has 2 heterocycles. The quantitative estimate of drug-likeness (QED) is 0.129. The van der Waals surface area contributed by atoms with Crippen molar-refractivity contribution in [3.05, 3.63) is 218 Å². The molecule has 0 atom stereocenters. The third-order valence-corrected chi connectivity index (χ3v) is 12.2. The van der Waals surface area contributed by atoms with Gasteiger partial charge in [-0.15, -0.1) is 0 Å². The monoisotopic (exact) mass is 760 g/mol. The molecular formula is C58H36N2. The van der Waals surface area contributed by atoms with Crippen molar-refractivity contribution >= 4 is 64.9 Å². The number of aromatic nitrogens is 2. The van der Waals surface area contributed by atoms with Crippen LogP contribution in [0, 0.1) is 0 Å². The maximum atomic E-state index is 5.42. The van der Waals surface area contributed by atoms with Gasteiger partial charge in [0.15, 0.2) is 0 Å². The predicted octanol–water partition coefficient (Wildman–Crippen LogP) is 15.7. The number of rotatable bonds is 5. The summed E-state index contributed by atoms with van der Waals surface area (Å²) < 4.78 is 0. The molecule has 60 heavy (non-hydrogen) atoms. The predicted molar refractivity (Wildman–Crippen MR) is 254 cm³/mol. The first kappa shape index (κ1) is 34.1. The van der Waals surface area contributed by atoms with Crippen LogP contribution in [0.4, 0.5) is 0 Å². The first-order valence-corrected chi connectivity index (χ1v) is 20.6. The molecule has 12 rings (SSSR count). The highest BCUT2D eigenvalue weighted by Gasteiger charge is 2.20. The van der Waals surface area contributed by atoms with E-state index in [1.807, 2.05) is 6.07 Å². The van der Waals surface area contributed by atoms with E-state index in [9.17, 15) is 0 Å². The van der Waals surface area contributed by atoms with Crippen molar-refractivity contribution in [2.75, 3.05) is 0 Å². The molecule has 0 bridgehead atoms. The molecule has 0 N–H and O–H groups in total. The zero-order valence-electron chi connectivity index (χ0n) is 32.7. The Bertz CT molecular complexity index is 3650. The van der Waals surface area contributed by atoms with Gasteiger partial charge < -0.3 is 0 Å². The summed E-state index contributed by atoms with van der Waals surface area (Å²) in [5.74, 6) is 0. The van der Waals surface area contributed by atoms with Crippen molar-refractivity contribution in [1.29, 1.82) is 0 Å². The first-order valence-electron chi connectivity index (χ1n) is 20.6. The van der Waals surface area contributed by atoms with E-state index in [2.05, 4.69) is 212 Å². The molecule has 2 aromatic heterocycles. The zero-order chi connectivity index (χ0) is 39.6. The summed E-state index contributed by atoms with van der Waals surface area (Å²) in [6.07, 6.45) is 0. The van der Waals surface area contributed by atoms with Crippen LogP contribution in [-0.4, -0.2) is 9.97 Å². The topological polar surface area (TPSA) is 25.8 Å². The van der Waals surface area contributed by atoms with Gasteiger partial charge in [0, 0.05) is 21.9 Å². The van der Waals surface area contributed by atoms with Crippen LogP contribution < -0.4 is 0 Å². The number of benzene rings is 10. The Hall–Kier alpha value is -7.94. The maximum Gasteiger partial charge on any atom is 0.0972 e. The Morgan fingerprint density at radius 1 is 0.217 bits per heavy atom. The van der Waals surface area contributed by atoms with Crippen molar-refractivity contribution in [2.24, 2.45) is 0 Å². The Kier molecular flexibility index (Phi) is 7.89. The summed E-state index contributed by atoms with van der Waals surface area (Å²) in [6, 6.07) is 79.1. The minimum Gasteiger partial charge on any atom is -0.245 e. The zero-order valence-corrected chi connectivity index (χ0v) is 32.7. The summed E-state index contributed by atoms with van der Waals surface area (Å²) >= 11 is 0. The summed E-state index contributed by atoms with van der Waals surface area (Å²) in [4.78, 5) is 10.6. The van der Waals surface area contributed by atoms with Crippen LogP contribution in [0.2, 0.25) is 0 Å². The number of pyridine rings is 2. The van der Waals surface area contributed by atoms with Crippen molar-refractivity contribution < 1.29 is 0 Å². The van der Waals surface area contributed by atoms with E-state index in [-0.39, 0.29) is 0 Å². The lowest BCUT2D eigenvalue weighted by Crippen LogP contribution is -1.94. The molecule has 0 unspecified atom stereocenters. The number of hydrogen-bond donors (Lipinski definition) is 0. The van der Waals surface area contributed by atoms with Gasteiger partial charge in [0.2, 0.25) is 0 Å². The van der Waals surface area contributed by atoms with Gasteiger partial charge in [0.1, 0.15) is 0 Å². The molecule has 12 aromatic rings. The number of nitrogens with zero attached hydrogens (tertiary/aromatic N) is 2. The minimum atomic E-state index is 0.904. The Balaban J connectivity index is 1.15. The molecule has 278 valence electrons. The van der Waals surface area contributed by atoms with Crippen LogP contribution in [-0.2, 0) is 0 Å². The van der Waals surface area contributed by atoms with Crippen molar-refractivity contribution in [2.45, 2.75) is 0 Å².